The molecule has 0 bridgehead atoms. The number of methoxy groups -OCH3 is 1. The van der Waals surface area contributed by atoms with Crippen molar-refractivity contribution in [1.29, 1.82) is 0 Å². The van der Waals surface area contributed by atoms with Crippen molar-refractivity contribution in [1.82, 2.24) is 10.2 Å². The maximum Gasteiger partial charge on any atom is 0.350 e. The molecule has 2 aromatic carbocycles. The third kappa shape index (κ3) is 8.26. The first-order valence-electron chi connectivity index (χ1n) is 14.5. The van der Waals surface area contributed by atoms with Gasteiger partial charge in [-0.25, -0.2) is 4.79 Å². The number of rotatable bonds is 10. The van der Waals surface area contributed by atoms with Crippen molar-refractivity contribution in [3.63, 3.8) is 0 Å². The number of ether oxygens (including phenoxy) is 5. The highest BCUT2D eigenvalue weighted by Gasteiger charge is 2.42. The van der Waals surface area contributed by atoms with Crippen molar-refractivity contribution in [3.05, 3.63) is 51.5 Å². The topological polar surface area (TPSA) is 95.6 Å². The molecule has 11 heteroatoms. The molecule has 1 N–H and O–H groups in total. The van der Waals surface area contributed by atoms with E-state index in [1.54, 1.807) is 41.7 Å². The molecule has 0 aromatic heterocycles. The number of benzene rings is 2. The summed E-state index contributed by atoms with van der Waals surface area (Å²) in [6, 6.07) is 8.81. The summed E-state index contributed by atoms with van der Waals surface area (Å²) in [6.45, 7) is 11.1. The van der Waals surface area contributed by atoms with E-state index < -0.39 is 17.2 Å². The van der Waals surface area contributed by atoms with Crippen LogP contribution in [0, 0.1) is 0 Å². The lowest BCUT2D eigenvalue weighted by Gasteiger charge is -2.39. The zero-order chi connectivity index (χ0) is 31.6. The third-order valence-corrected chi connectivity index (χ3v) is 8.14. The molecule has 1 amide bonds. The number of carbonyl (C=O) groups excluding carboxylic acids is 2. The van der Waals surface area contributed by atoms with Crippen LogP contribution in [0.5, 0.6) is 17.2 Å². The first-order valence-corrected chi connectivity index (χ1v) is 15.2. The molecule has 9 nitrogen and oxygen atoms in total. The maximum absolute atomic E-state index is 12.8. The number of hydrogen-bond acceptors (Lipinski definition) is 8. The SMILES string of the molecule is CNC(=O)c1cc(Cl)c(OC(C)(C)C(=O)OC(C)(C)C)cc1OCC(CN1CCC2(CC1)Cc1cc(Cl)ccc1O2)OC. The number of nitrogens with one attached hydrogen (secondary N) is 1. The summed E-state index contributed by atoms with van der Waals surface area (Å²) < 4.78 is 29.8. The van der Waals surface area contributed by atoms with Gasteiger partial charge in [-0.15, -0.1) is 0 Å². The lowest BCUT2D eigenvalue weighted by Crippen LogP contribution is -2.49. The summed E-state index contributed by atoms with van der Waals surface area (Å²) in [4.78, 5) is 27.8. The molecule has 0 radical (unpaired) electrons. The minimum atomic E-state index is -1.35. The van der Waals surface area contributed by atoms with Gasteiger partial charge in [0.1, 0.15) is 41.2 Å². The standard InChI is InChI=1S/C32H42Cl2N2O7/c1-30(2,3)43-29(38)31(4,5)41-27-16-26(23(15-24(27)34)28(37)35-6)40-19-22(39-7)18-36-12-10-32(11-13-36)17-20-14-21(33)8-9-25(20)42-32/h8-9,14-16,22H,10-13,17-19H2,1-7H3,(H,35,37). The van der Waals surface area contributed by atoms with Crippen LogP contribution in [0.2, 0.25) is 10.0 Å². The van der Waals surface area contributed by atoms with Gasteiger partial charge in [0.25, 0.3) is 5.91 Å². The van der Waals surface area contributed by atoms with Crippen molar-refractivity contribution >= 4 is 35.1 Å². The molecule has 1 unspecified atom stereocenters. The summed E-state index contributed by atoms with van der Waals surface area (Å²) in [6.07, 6.45) is 2.37. The Morgan fingerprint density at radius 2 is 1.77 bits per heavy atom. The second-order valence-corrected chi connectivity index (χ2v) is 13.5. The summed E-state index contributed by atoms with van der Waals surface area (Å²) in [5.41, 5.74) is -0.830. The van der Waals surface area contributed by atoms with E-state index in [0.29, 0.717) is 6.54 Å². The van der Waals surface area contributed by atoms with Crippen molar-refractivity contribution in [3.8, 4) is 17.2 Å². The smallest absolute Gasteiger partial charge is 0.350 e. The minimum absolute atomic E-state index is 0.159. The van der Waals surface area contributed by atoms with Crippen LogP contribution >= 0.6 is 23.2 Å². The number of fused-ring (bicyclic) bond motifs is 1. The van der Waals surface area contributed by atoms with Crippen molar-refractivity contribution in [2.45, 2.75) is 76.8 Å². The van der Waals surface area contributed by atoms with Crippen LogP contribution in [0.1, 0.15) is 63.4 Å². The van der Waals surface area contributed by atoms with Gasteiger partial charge >= 0.3 is 5.97 Å². The van der Waals surface area contributed by atoms with Crippen LogP contribution in [0.15, 0.2) is 30.3 Å². The van der Waals surface area contributed by atoms with Gasteiger partial charge < -0.3 is 33.9 Å². The first-order chi connectivity index (χ1) is 20.1. The highest BCUT2D eigenvalue weighted by atomic mass is 35.5. The Balaban J connectivity index is 1.40. The number of piperidine rings is 1. The van der Waals surface area contributed by atoms with Crippen LogP contribution in [-0.2, 0) is 20.7 Å². The normalized spacial score (nSPS) is 17.1. The quantitative estimate of drug-likeness (QED) is 0.331. The highest BCUT2D eigenvalue weighted by Crippen LogP contribution is 2.42. The number of amides is 1. The Labute approximate surface area is 264 Å². The molecule has 2 aromatic rings. The summed E-state index contributed by atoms with van der Waals surface area (Å²) in [5.74, 6) is 0.452. The summed E-state index contributed by atoms with van der Waals surface area (Å²) in [7, 11) is 3.16. The Kier molecular flexibility index (Phi) is 10.1. The van der Waals surface area contributed by atoms with E-state index in [0.717, 1.165) is 48.7 Å². The molecule has 4 rings (SSSR count). The van der Waals surface area contributed by atoms with E-state index in [2.05, 4.69) is 10.2 Å². The predicted octanol–water partition coefficient (Wildman–Crippen LogP) is 5.72. The molecule has 2 aliphatic rings. The summed E-state index contributed by atoms with van der Waals surface area (Å²) in [5, 5.41) is 3.50. The number of hydrogen-bond donors (Lipinski definition) is 1. The molecule has 1 fully saturated rings. The molecule has 43 heavy (non-hydrogen) atoms. The Morgan fingerprint density at radius 3 is 2.40 bits per heavy atom. The fourth-order valence-electron chi connectivity index (χ4n) is 5.25. The second-order valence-electron chi connectivity index (χ2n) is 12.7. The van der Waals surface area contributed by atoms with Crippen LogP contribution < -0.4 is 19.5 Å². The molecule has 2 heterocycles. The molecule has 1 saturated heterocycles. The third-order valence-electron chi connectivity index (χ3n) is 7.61. The van der Waals surface area contributed by atoms with Crippen LogP contribution in [0.4, 0.5) is 0 Å². The highest BCUT2D eigenvalue weighted by molar-refractivity contribution is 6.32. The first kappa shape index (κ1) is 33.2. The molecule has 2 aliphatic heterocycles. The zero-order valence-corrected chi connectivity index (χ0v) is 27.5. The van der Waals surface area contributed by atoms with E-state index in [4.69, 9.17) is 46.9 Å². The second kappa shape index (κ2) is 13.1. The molecule has 0 saturated carbocycles. The average Bonchev–Trinajstić information content (AvgIpc) is 3.28. The van der Waals surface area contributed by atoms with Crippen LogP contribution in [-0.4, -0.2) is 80.1 Å². The van der Waals surface area contributed by atoms with Crippen molar-refractivity contribution in [2.24, 2.45) is 0 Å². The van der Waals surface area contributed by atoms with Crippen LogP contribution in [0.25, 0.3) is 0 Å². The molecule has 1 spiro atoms. The van der Waals surface area contributed by atoms with Gasteiger partial charge in [0.15, 0.2) is 5.60 Å². The van der Waals surface area contributed by atoms with Crippen molar-refractivity contribution in [2.75, 3.05) is 40.4 Å². The van der Waals surface area contributed by atoms with Crippen molar-refractivity contribution < 1.29 is 33.3 Å². The average molecular weight is 638 g/mol. The van der Waals surface area contributed by atoms with Gasteiger partial charge in [-0.1, -0.05) is 23.2 Å². The lowest BCUT2D eigenvalue weighted by molar-refractivity contribution is -0.170. The van der Waals surface area contributed by atoms with Gasteiger partial charge in [-0.3, -0.25) is 4.79 Å². The fraction of sp³-hybridized carbons (Fsp3) is 0.562. The Hall–Kier alpha value is -2.72. The van der Waals surface area contributed by atoms with Gasteiger partial charge in [0.05, 0.1) is 10.6 Å². The van der Waals surface area contributed by atoms with Gasteiger partial charge in [0.2, 0.25) is 0 Å². The Morgan fingerprint density at radius 1 is 1.07 bits per heavy atom. The molecular weight excluding hydrogens is 595 g/mol. The lowest BCUT2D eigenvalue weighted by atomic mass is 9.87. The summed E-state index contributed by atoms with van der Waals surface area (Å²) >= 11 is 12.7. The number of nitrogens with zero attached hydrogens (tertiary/aromatic N) is 1. The number of carbonyl (C=O) groups is 2. The van der Waals surface area contributed by atoms with Gasteiger partial charge in [-0.05, 0) is 64.4 Å². The maximum atomic E-state index is 12.8. The monoisotopic (exact) mass is 636 g/mol. The minimum Gasteiger partial charge on any atom is -0.490 e. The van der Waals surface area contributed by atoms with Crippen LogP contribution in [0.3, 0.4) is 0 Å². The van der Waals surface area contributed by atoms with E-state index in [1.165, 1.54) is 19.2 Å². The zero-order valence-electron chi connectivity index (χ0n) is 26.0. The molecule has 1 atom stereocenters. The number of halogens is 2. The number of likely N-dealkylation sites (tertiary alicyclic amines) is 1. The van der Waals surface area contributed by atoms with E-state index in [9.17, 15) is 9.59 Å². The van der Waals surface area contributed by atoms with E-state index >= 15 is 0 Å². The van der Waals surface area contributed by atoms with Gasteiger partial charge in [-0.2, -0.15) is 0 Å². The number of esters is 1. The Bertz CT molecular complexity index is 1330. The largest absolute Gasteiger partial charge is 0.490 e. The molecule has 236 valence electrons. The van der Waals surface area contributed by atoms with Gasteiger partial charge in [0, 0.05) is 64.1 Å². The fourth-order valence-corrected chi connectivity index (χ4v) is 5.65. The van der Waals surface area contributed by atoms with E-state index in [-0.39, 0.29) is 46.3 Å². The molecule has 0 aliphatic carbocycles. The molecular formula is C32H42Cl2N2O7. The van der Waals surface area contributed by atoms with E-state index in [1.807, 2.05) is 18.2 Å². The predicted molar refractivity (Wildman–Crippen MR) is 166 cm³/mol.